The third kappa shape index (κ3) is 1.66. The predicted molar refractivity (Wildman–Crippen MR) is 71.4 cm³/mol. The second-order valence-corrected chi connectivity index (χ2v) is 5.55. The highest BCUT2D eigenvalue weighted by Gasteiger charge is 2.45. The SMILES string of the molecule is N#CC1=C(c2ccc(O)c(Cl)c2F)C2CCCC2C1=O. The molecule has 0 heterocycles. The molecule has 0 radical (unpaired) electrons. The van der Waals surface area contributed by atoms with Gasteiger partial charge in [-0.05, 0) is 36.5 Å². The van der Waals surface area contributed by atoms with Gasteiger partial charge in [0.1, 0.15) is 16.8 Å². The third-order valence-corrected chi connectivity index (χ3v) is 4.56. The molecule has 1 fully saturated rings. The smallest absolute Gasteiger partial charge is 0.177 e. The first-order valence-electron chi connectivity index (χ1n) is 6.42. The number of hydrogen-bond acceptors (Lipinski definition) is 3. The molecule has 1 saturated carbocycles. The van der Waals surface area contributed by atoms with Gasteiger partial charge in [-0.25, -0.2) is 4.39 Å². The maximum absolute atomic E-state index is 14.3. The van der Waals surface area contributed by atoms with E-state index < -0.39 is 5.82 Å². The van der Waals surface area contributed by atoms with Gasteiger partial charge in [0.05, 0.1) is 5.57 Å². The summed E-state index contributed by atoms with van der Waals surface area (Å²) < 4.78 is 14.3. The summed E-state index contributed by atoms with van der Waals surface area (Å²) in [5, 5.41) is 18.2. The number of allylic oxidation sites excluding steroid dienone is 2. The Morgan fingerprint density at radius 2 is 2.05 bits per heavy atom. The minimum atomic E-state index is -0.769. The van der Waals surface area contributed by atoms with Crippen molar-refractivity contribution in [2.45, 2.75) is 19.3 Å². The van der Waals surface area contributed by atoms with Crippen molar-refractivity contribution >= 4 is 23.0 Å². The largest absolute Gasteiger partial charge is 0.506 e. The minimum Gasteiger partial charge on any atom is -0.506 e. The summed E-state index contributed by atoms with van der Waals surface area (Å²) in [6.07, 6.45) is 2.41. The van der Waals surface area contributed by atoms with E-state index in [1.165, 1.54) is 12.1 Å². The number of carbonyl (C=O) groups is 1. The molecule has 1 aromatic rings. The first-order valence-corrected chi connectivity index (χ1v) is 6.80. The summed E-state index contributed by atoms with van der Waals surface area (Å²) in [5.41, 5.74) is 0.659. The maximum atomic E-state index is 14.3. The van der Waals surface area contributed by atoms with Crippen molar-refractivity contribution in [2.24, 2.45) is 11.8 Å². The molecule has 2 aliphatic carbocycles. The van der Waals surface area contributed by atoms with E-state index in [4.69, 9.17) is 11.6 Å². The van der Waals surface area contributed by atoms with Crippen LogP contribution in [0.2, 0.25) is 5.02 Å². The summed E-state index contributed by atoms with van der Waals surface area (Å²) in [6.45, 7) is 0. The van der Waals surface area contributed by atoms with E-state index in [1.807, 2.05) is 6.07 Å². The second kappa shape index (κ2) is 4.60. The molecule has 0 bridgehead atoms. The van der Waals surface area contributed by atoms with Crippen LogP contribution in [-0.4, -0.2) is 10.9 Å². The van der Waals surface area contributed by atoms with Gasteiger partial charge in [-0.15, -0.1) is 0 Å². The van der Waals surface area contributed by atoms with E-state index in [1.54, 1.807) is 0 Å². The number of fused-ring (bicyclic) bond motifs is 1. The Hall–Kier alpha value is -1.86. The van der Waals surface area contributed by atoms with Crippen molar-refractivity contribution in [3.63, 3.8) is 0 Å². The van der Waals surface area contributed by atoms with Crippen LogP contribution < -0.4 is 0 Å². The van der Waals surface area contributed by atoms with Crippen LogP contribution in [0, 0.1) is 29.0 Å². The molecule has 1 N–H and O–H groups in total. The van der Waals surface area contributed by atoms with Gasteiger partial charge >= 0.3 is 0 Å². The summed E-state index contributed by atoms with van der Waals surface area (Å²) in [7, 11) is 0. The lowest BCUT2D eigenvalue weighted by Gasteiger charge is -2.14. The minimum absolute atomic E-state index is 0.0420. The van der Waals surface area contributed by atoms with Gasteiger partial charge < -0.3 is 5.11 Å². The number of carbonyl (C=O) groups excluding carboxylic acids is 1. The summed E-state index contributed by atoms with van der Waals surface area (Å²) in [4.78, 5) is 12.2. The predicted octanol–water partition coefficient (Wildman–Crippen LogP) is 3.46. The molecular weight excluding hydrogens is 281 g/mol. The lowest BCUT2D eigenvalue weighted by Crippen LogP contribution is -2.11. The number of nitriles is 1. The van der Waals surface area contributed by atoms with Crippen LogP contribution in [0.15, 0.2) is 17.7 Å². The highest BCUT2D eigenvalue weighted by Crippen LogP contribution is 2.50. The number of aromatic hydroxyl groups is 1. The number of nitrogens with zero attached hydrogens (tertiary/aromatic N) is 1. The normalized spacial score (nSPS) is 24.9. The van der Waals surface area contributed by atoms with E-state index in [9.17, 15) is 19.6 Å². The van der Waals surface area contributed by atoms with Gasteiger partial charge in [-0.2, -0.15) is 5.26 Å². The number of rotatable bonds is 1. The van der Waals surface area contributed by atoms with Crippen molar-refractivity contribution in [1.29, 1.82) is 5.26 Å². The van der Waals surface area contributed by atoms with Gasteiger partial charge in [0.15, 0.2) is 11.6 Å². The zero-order chi connectivity index (χ0) is 14.4. The average molecular weight is 292 g/mol. The number of ketones is 1. The monoisotopic (exact) mass is 291 g/mol. The van der Waals surface area contributed by atoms with E-state index in [2.05, 4.69) is 0 Å². The Kier molecular flexibility index (Phi) is 3.02. The molecule has 2 aliphatic rings. The fourth-order valence-corrected chi connectivity index (χ4v) is 3.48. The van der Waals surface area contributed by atoms with Crippen molar-refractivity contribution in [3.8, 4) is 11.8 Å². The van der Waals surface area contributed by atoms with Crippen molar-refractivity contribution in [1.82, 2.24) is 0 Å². The molecule has 5 heteroatoms. The number of phenols is 1. The quantitative estimate of drug-likeness (QED) is 0.862. The van der Waals surface area contributed by atoms with Crippen LogP contribution in [-0.2, 0) is 4.79 Å². The Morgan fingerprint density at radius 1 is 1.35 bits per heavy atom. The number of phenolic OH excluding ortho intramolecular Hbond substituents is 1. The van der Waals surface area contributed by atoms with Gasteiger partial charge in [0, 0.05) is 11.5 Å². The van der Waals surface area contributed by atoms with Crippen LogP contribution in [0.5, 0.6) is 5.75 Å². The highest BCUT2D eigenvalue weighted by atomic mass is 35.5. The van der Waals surface area contributed by atoms with Crippen molar-refractivity contribution in [2.75, 3.05) is 0 Å². The van der Waals surface area contributed by atoms with Crippen LogP contribution in [0.4, 0.5) is 4.39 Å². The Morgan fingerprint density at radius 3 is 2.75 bits per heavy atom. The number of halogens is 2. The zero-order valence-electron chi connectivity index (χ0n) is 10.5. The fourth-order valence-electron chi connectivity index (χ4n) is 3.32. The van der Waals surface area contributed by atoms with Gasteiger partial charge in [0.2, 0.25) is 0 Å². The van der Waals surface area contributed by atoms with Crippen LogP contribution >= 0.6 is 11.6 Å². The van der Waals surface area contributed by atoms with Crippen LogP contribution in [0.1, 0.15) is 24.8 Å². The highest BCUT2D eigenvalue weighted by molar-refractivity contribution is 6.32. The summed E-state index contributed by atoms with van der Waals surface area (Å²) in [5.74, 6) is -1.61. The molecule has 2 unspecified atom stereocenters. The van der Waals surface area contributed by atoms with Crippen LogP contribution in [0.3, 0.4) is 0 Å². The number of hydrogen-bond donors (Lipinski definition) is 1. The molecule has 0 saturated heterocycles. The van der Waals surface area contributed by atoms with Crippen molar-refractivity contribution < 1.29 is 14.3 Å². The average Bonchev–Trinajstić information content (AvgIpc) is 2.99. The van der Waals surface area contributed by atoms with E-state index in [0.29, 0.717) is 5.57 Å². The topological polar surface area (TPSA) is 61.1 Å². The van der Waals surface area contributed by atoms with Gasteiger partial charge in [-0.3, -0.25) is 4.79 Å². The molecule has 0 spiro atoms. The van der Waals surface area contributed by atoms with Crippen LogP contribution in [0.25, 0.3) is 5.57 Å². The first kappa shape index (κ1) is 13.1. The fraction of sp³-hybridized carbons (Fsp3) is 0.333. The lowest BCUT2D eigenvalue weighted by atomic mass is 9.89. The molecule has 1 aromatic carbocycles. The third-order valence-electron chi connectivity index (χ3n) is 4.20. The van der Waals surface area contributed by atoms with Gasteiger partial charge in [-0.1, -0.05) is 18.0 Å². The molecule has 3 rings (SSSR count). The zero-order valence-corrected chi connectivity index (χ0v) is 11.2. The number of Topliss-reactive ketones (excluding diaryl/α,β-unsaturated/α-hetero) is 1. The maximum Gasteiger partial charge on any atom is 0.177 e. The van der Waals surface area contributed by atoms with E-state index in [0.717, 1.165) is 19.3 Å². The van der Waals surface area contributed by atoms with Crippen molar-refractivity contribution in [3.05, 3.63) is 34.1 Å². The molecule has 2 atom stereocenters. The lowest BCUT2D eigenvalue weighted by molar-refractivity contribution is -0.118. The molecule has 20 heavy (non-hydrogen) atoms. The molecule has 0 aliphatic heterocycles. The molecular formula is C15H11ClFNO2. The first-order chi connectivity index (χ1) is 9.56. The molecule has 3 nitrogen and oxygen atoms in total. The second-order valence-electron chi connectivity index (χ2n) is 5.17. The van der Waals surface area contributed by atoms with E-state index in [-0.39, 0.29) is 39.5 Å². The van der Waals surface area contributed by atoms with Gasteiger partial charge in [0.25, 0.3) is 0 Å². The number of benzene rings is 1. The molecule has 0 aromatic heterocycles. The summed E-state index contributed by atoms with van der Waals surface area (Å²) >= 11 is 5.72. The van der Waals surface area contributed by atoms with E-state index >= 15 is 0 Å². The standard InChI is InChI=1S/C15H11ClFNO2/c16-13-11(19)5-4-9(14(13)17)12-7-2-1-3-8(7)15(20)10(12)6-18/h4-5,7-8,19H,1-3H2. The Balaban J connectivity index is 2.22. The molecule has 102 valence electrons. The summed E-state index contributed by atoms with van der Waals surface area (Å²) in [6, 6.07) is 4.58. The molecule has 0 amide bonds. The Bertz CT molecular complexity index is 690. The Labute approximate surface area is 120 Å².